The third-order valence-corrected chi connectivity index (χ3v) is 5.03. The van der Waals surface area contributed by atoms with Gasteiger partial charge in [-0.05, 0) is 31.4 Å². The Hall–Kier alpha value is -2.44. The van der Waals surface area contributed by atoms with Crippen LogP contribution in [0.3, 0.4) is 0 Å². The molecule has 2 aromatic heterocycles. The summed E-state index contributed by atoms with van der Waals surface area (Å²) in [6.45, 7) is 1.21. The Morgan fingerprint density at radius 3 is 3.00 bits per heavy atom. The summed E-state index contributed by atoms with van der Waals surface area (Å²) in [6, 6.07) is 3.64. The van der Waals surface area contributed by atoms with E-state index in [0.717, 1.165) is 17.7 Å². The molecule has 1 atom stereocenters. The maximum atomic E-state index is 14.6. The van der Waals surface area contributed by atoms with Crippen LogP contribution in [0.2, 0.25) is 0 Å². The third kappa shape index (κ3) is 2.99. The second-order valence-corrected chi connectivity index (χ2v) is 6.91. The SMILES string of the molecule is Cn1cc2c(n1)[C@H](COc1cccnc1)CN(C(=O)C1(F)CCC1)C2. The van der Waals surface area contributed by atoms with Crippen molar-refractivity contribution in [3.63, 3.8) is 0 Å². The van der Waals surface area contributed by atoms with Crippen molar-refractivity contribution in [2.45, 2.75) is 37.4 Å². The van der Waals surface area contributed by atoms with Crippen molar-refractivity contribution < 1.29 is 13.9 Å². The molecule has 0 saturated heterocycles. The van der Waals surface area contributed by atoms with Crippen LogP contribution in [0, 0.1) is 0 Å². The van der Waals surface area contributed by atoms with Crippen molar-refractivity contribution in [3.05, 3.63) is 42.0 Å². The molecule has 132 valence electrons. The van der Waals surface area contributed by atoms with E-state index in [1.165, 1.54) is 0 Å². The highest BCUT2D eigenvalue weighted by Crippen LogP contribution is 2.39. The maximum Gasteiger partial charge on any atom is 0.260 e. The van der Waals surface area contributed by atoms with Gasteiger partial charge < -0.3 is 9.64 Å². The molecule has 0 spiro atoms. The van der Waals surface area contributed by atoms with E-state index in [9.17, 15) is 9.18 Å². The second-order valence-electron chi connectivity index (χ2n) is 6.91. The van der Waals surface area contributed by atoms with Crippen molar-refractivity contribution in [3.8, 4) is 5.75 Å². The molecule has 0 unspecified atom stereocenters. The molecular formula is C18H21FN4O2. The summed E-state index contributed by atoms with van der Waals surface area (Å²) in [4.78, 5) is 18.3. The second kappa shape index (κ2) is 6.13. The number of carbonyl (C=O) groups is 1. The molecule has 1 amide bonds. The van der Waals surface area contributed by atoms with E-state index in [0.29, 0.717) is 38.3 Å². The summed E-state index contributed by atoms with van der Waals surface area (Å²) < 4.78 is 22.2. The third-order valence-electron chi connectivity index (χ3n) is 5.03. The fraction of sp³-hybridized carbons (Fsp3) is 0.500. The number of pyridine rings is 1. The summed E-state index contributed by atoms with van der Waals surface area (Å²) in [7, 11) is 1.85. The first-order valence-corrected chi connectivity index (χ1v) is 8.59. The van der Waals surface area contributed by atoms with Gasteiger partial charge in [-0.2, -0.15) is 5.10 Å². The van der Waals surface area contributed by atoms with Gasteiger partial charge in [-0.25, -0.2) is 4.39 Å². The molecule has 25 heavy (non-hydrogen) atoms. The van der Waals surface area contributed by atoms with Crippen molar-refractivity contribution in [1.82, 2.24) is 19.7 Å². The largest absolute Gasteiger partial charge is 0.491 e. The number of amides is 1. The number of nitrogens with zero attached hydrogens (tertiary/aromatic N) is 4. The molecule has 2 aromatic rings. The van der Waals surface area contributed by atoms with Gasteiger partial charge >= 0.3 is 0 Å². The van der Waals surface area contributed by atoms with E-state index < -0.39 is 5.67 Å². The van der Waals surface area contributed by atoms with Crippen LogP contribution >= 0.6 is 0 Å². The van der Waals surface area contributed by atoms with Crippen LogP contribution in [0.5, 0.6) is 5.75 Å². The minimum atomic E-state index is -1.67. The standard InChI is InChI=1S/C18H21FN4O2/c1-22-9-13-10-23(17(24)18(19)5-3-6-18)11-14(16(13)21-22)12-25-15-4-2-7-20-8-15/h2,4,7-9,14H,3,5-6,10-12H2,1H3/t14-/m0/s1. The Morgan fingerprint density at radius 2 is 2.32 bits per heavy atom. The van der Waals surface area contributed by atoms with E-state index in [4.69, 9.17) is 4.74 Å². The van der Waals surface area contributed by atoms with Crippen LogP contribution in [-0.4, -0.2) is 44.4 Å². The Morgan fingerprint density at radius 1 is 1.48 bits per heavy atom. The minimum absolute atomic E-state index is 0.0854. The molecule has 2 aliphatic rings. The lowest BCUT2D eigenvalue weighted by Gasteiger charge is -2.40. The number of carbonyl (C=O) groups excluding carboxylic acids is 1. The molecule has 1 aliphatic heterocycles. The van der Waals surface area contributed by atoms with Gasteiger partial charge in [-0.1, -0.05) is 0 Å². The molecule has 1 saturated carbocycles. The van der Waals surface area contributed by atoms with Crippen LogP contribution in [0.1, 0.15) is 36.4 Å². The molecule has 0 N–H and O–H groups in total. The van der Waals surface area contributed by atoms with Crippen LogP contribution in [-0.2, 0) is 18.4 Å². The van der Waals surface area contributed by atoms with Crippen molar-refractivity contribution in [2.24, 2.45) is 7.05 Å². The highest BCUT2D eigenvalue weighted by atomic mass is 19.1. The Kier molecular flexibility index (Phi) is 3.94. The summed E-state index contributed by atoms with van der Waals surface area (Å²) >= 11 is 0. The summed E-state index contributed by atoms with van der Waals surface area (Å²) in [6.07, 6.45) is 6.68. The predicted molar refractivity (Wildman–Crippen MR) is 88.8 cm³/mol. The minimum Gasteiger partial charge on any atom is -0.491 e. The zero-order chi connectivity index (χ0) is 17.4. The lowest BCUT2D eigenvalue weighted by molar-refractivity contribution is -0.151. The molecule has 6 nitrogen and oxygen atoms in total. The van der Waals surface area contributed by atoms with Gasteiger partial charge in [0.15, 0.2) is 5.67 Å². The zero-order valence-corrected chi connectivity index (χ0v) is 14.2. The van der Waals surface area contributed by atoms with E-state index in [2.05, 4.69) is 10.1 Å². The fourth-order valence-corrected chi connectivity index (χ4v) is 3.54. The normalized spacial score (nSPS) is 21.4. The van der Waals surface area contributed by atoms with E-state index in [1.807, 2.05) is 25.4 Å². The molecule has 1 fully saturated rings. The number of hydrogen-bond donors (Lipinski definition) is 0. The molecule has 0 radical (unpaired) electrons. The first-order valence-electron chi connectivity index (χ1n) is 8.59. The smallest absolute Gasteiger partial charge is 0.260 e. The number of alkyl halides is 1. The lowest BCUT2D eigenvalue weighted by Crippen LogP contribution is -2.52. The molecular weight excluding hydrogens is 323 g/mol. The molecule has 0 aromatic carbocycles. The molecule has 7 heteroatoms. The molecule has 1 aliphatic carbocycles. The van der Waals surface area contributed by atoms with Gasteiger partial charge in [0.25, 0.3) is 5.91 Å². The summed E-state index contributed by atoms with van der Waals surface area (Å²) in [5, 5.41) is 4.52. The quantitative estimate of drug-likeness (QED) is 0.853. The van der Waals surface area contributed by atoms with E-state index in [1.54, 1.807) is 22.0 Å². The summed E-state index contributed by atoms with van der Waals surface area (Å²) in [5.74, 6) is 0.196. The number of fused-ring (bicyclic) bond motifs is 1. The lowest BCUT2D eigenvalue weighted by atomic mass is 9.80. The predicted octanol–water partition coefficient (Wildman–Crippen LogP) is 2.21. The average molecular weight is 344 g/mol. The van der Waals surface area contributed by atoms with E-state index >= 15 is 0 Å². The van der Waals surface area contributed by atoms with Crippen LogP contribution in [0.4, 0.5) is 4.39 Å². The van der Waals surface area contributed by atoms with Gasteiger partial charge in [-0.15, -0.1) is 0 Å². The Balaban J connectivity index is 1.53. The first-order chi connectivity index (χ1) is 12.0. The molecule has 3 heterocycles. The summed E-state index contributed by atoms with van der Waals surface area (Å²) in [5.41, 5.74) is 0.218. The fourth-order valence-electron chi connectivity index (χ4n) is 3.54. The van der Waals surface area contributed by atoms with Gasteiger partial charge in [0.2, 0.25) is 0 Å². The van der Waals surface area contributed by atoms with Crippen molar-refractivity contribution in [1.29, 1.82) is 0 Å². The van der Waals surface area contributed by atoms with Crippen molar-refractivity contribution >= 4 is 5.91 Å². The number of halogens is 1. The topological polar surface area (TPSA) is 60.2 Å². The van der Waals surface area contributed by atoms with Crippen molar-refractivity contribution in [2.75, 3.05) is 13.2 Å². The number of aryl methyl sites for hydroxylation is 1. The van der Waals surface area contributed by atoms with Gasteiger partial charge in [-0.3, -0.25) is 14.5 Å². The molecule has 0 bridgehead atoms. The van der Waals surface area contributed by atoms with Gasteiger partial charge in [0, 0.05) is 38.1 Å². The Bertz CT molecular complexity index is 773. The number of aromatic nitrogens is 3. The van der Waals surface area contributed by atoms with Crippen LogP contribution < -0.4 is 4.74 Å². The number of rotatable bonds is 4. The highest BCUT2D eigenvalue weighted by molar-refractivity contribution is 5.86. The number of hydrogen-bond acceptors (Lipinski definition) is 4. The van der Waals surface area contributed by atoms with Gasteiger partial charge in [0.1, 0.15) is 5.75 Å². The first kappa shape index (κ1) is 16.1. The van der Waals surface area contributed by atoms with Crippen LogP contribution in [0.25, 0.3) is 0 Å². The average Bonchev–Trinajstić information content (AvgIpc) is 2.98. The Labute approximate surface area is 145 Å². The van der Waals surface area contributed by atoms with Gasteiger partial charge in [0.05, 0.1) is 24.4 Å². The highest BCUT2D eigenvalue weighted by Gasteiger charge is 2.48. The van der Waals surface area contributed by atoms with E-state index in [-0.39, 0.29) is 11.8 Å². The van der Waals surface area contributed by atoms with Crippen LogP contribution in [0.15, 0.2) is 30.7 Å². The molecule has 4 rings (SSSR count). The maximum absolute atomic E-state index is 14.6. The number of ether oxygens (including phenoxy) is 1. The monoisotopic (exact) mass is 344 g/mol. The zero-order valence-electron chi connectivity index (χ0n) is 14.2.